The second-order valence-corrected chi connectivity index (χ2v) is 8.87. The van der Waals surface area contributed by atoms with Crippen LogP contribution in [0.25, 0.3) is 0 Å². The highest BCUT2D eigenvalue weighted by Crippen LogP contribution is 2.32. The number of ether oxygens (including phenoxy) is 1. The van der Waals surface area contributed by atoms with Gasteiger partial charge in [0.25, 0.3) is 0 Å². The third kappa shape index (κ3) is 7.20. The Morgan fingerprint density at radius 2 is 1.78 bits per heavy atom. The minimum Gasteiger partial charge on any atom is -0.406 e. The van der Waals surface area contributed by atoms with Gasteiger partial charge in [-0.15, -0.1) is 13.2 Å². The third-order valence-corrected chi connectivity index (χ3v) is 6.05. The maximum atomic E-state index is 12.3. The summed E-state index contributed by atoms with van der Waals surface area (Å²) < 4.78 is 41.0. The van der Waals surface area contributed by atoms with Gasteiger partial charge in [-0.2, -0.15) is 4.98 Å². The number of piperazine rings is 1. The number of nitrogens with one attached hydrogen (secondary N) is 2. The van der Waals surface area contributed by atoms with Crippen molar-refractivity contribution in [2.45, 2.75) is 26.8 Å². The van der Waals surface area contributed by atoms with Gasteiger partial charge in [0.15, 0.2) is 0 Å². The number of hydrogen-bond acceptors (Lipinski definition) is 8. The Labute approximate surface area is 216 Å². The molecular weight excluding hydrogens is 511 g/mol. The Morgan fingerprint density at radius 3 is 2.43 bits per heavy atom. The van der Waals surface area contributed by atoms with Crippen molar-refractivity contribution in [2.24, 2.45) is 0 Å². The van der Waals surface area contributed by atoms with E-state index in [0.29, 0.717) is 47.9 Å². The molecule has 196 valence electrons. The summed E-state index contributed by atoms with van der Waals surface area (Å²) >= 11 is 6.23. The van der Waals surface area contributed by atoms with Crippen molar-refractivity contribution in [1.29, 1.82) is 0 Å². The lowest BCUT2D eigenvalue weighted by Crippen LogP contribution is -2.46. The van der Waals surface area contributed by atoms with E-state index in [1.54, 1.807) is 24.3 Å². The van der Waals surface area contributed by atoms with Crippen molar-refractivity contribution in [3.8, 4) is 5.75 Å². The summed E-state index contributed by atoms with van der Waals surface area (Å²) in [5, 5.41) is 6.33. The van der Waals surface area contributed by atoms with Gasteiger partial charge in [-0.05, 0) is 42.3 Å². The highest BCUT2D eigenvalue weighted by molar-refractivity contribution is 6.34. The number of rotatable bonds is 7. The topological polar surface area (TPSA) is 95.5 Å². The van der Waals surface area contributed by atoms with Crippen LogP contribution in [0.5, 0.6) is 5.75 Å². The van der Waals surface area contributed by atoms with Gasteiger partial charge >= 0.3 is 6.36 Å². The summed E-state index contributed by atoms with van der Waals surface area (Å²) in [7, 11) is 0. The minimum atomic E-state index is -4.70. The van der Waals surface area contributed by atoms with Crippen molar-refractivity contribution >= 4 is 40.8 Å². The molecule has 0 aliphatic carbocycles. The van der Waals surface area contributed by atoms with Crippen LogP contribution in [0.3, 0.4) is 0 Å². The molecule has 2 aromatic carbocycles. The average Bonchev–Trinajstić information content (AvgIpc) is 2.84. The quantitative estimate of drug-likeness (QED) is 0.447. The highest BCUT2D eigenvalue weighted by atomic mass is 35.5. The number of halogens is 4. The maximum Gasteiger partial charge on any atom is 0.573 e. The zero-order valence-corrected chi connectivity index (χ0v) is 20.9. The average molecular weight is 536 g/mol. The van der Waals surface area contributed by atoms with E-state index in [0.717, 1.165) is 24.2 Å². The number of carbonyl (C=O) groups is 1. The Balaban J connectivity index is 1.35. The monoisotopic (exact) mass is 535 g/mol. The predicted octanol–water partition coefficient (Wildman–Crippen LogP) is 4.76. The molecular formula is C24H25ClF3N7O2. The molecule has 3 aromatic rings. The van der Waals surface area contributed by atoms with Crippen LogP contribution >= 0.6 is 11.6 Å². The predicted molar refractivity (Wildman–Crippen MR) is 134 cm³/mol. The normalized spacial score (nSPS) is 14.4. The molecule has 1 amide bonds. The standard InChI is InChI=1S/C24H25ClF3N7O2/c1-15-20(8-7-19(25)21(15)31-16(2)36)32-22-29-14-30-23(33-22)35-11-9-34(10-12-35)13-17-3-5-18(6-4-17)37-24(26,27)28/h3-8,14H,9-13H2,1-2H3,(H,31,36)(H,29,30,32,33). The zero-order valence-electron chi connectivity index (χ0n) is 20.1. The Morgan fingerprint density at radius 1 is 1.08 bits per heavy atom. The van der Waals surface area contributed by atoms with E-state index in [2.05, 4.69) is 35.2 Å². The number of alkyl halides is 3. The number of benzene rings is 2. The van der Waals surface area contributed by atoms with E-state index in [-0.39, 0.29) is 11.7 Å². The van der Waals surface area contributed by atoms with Gasteiger partial charge in [-0.3, -0.25) is 9.69 Å². The van der Waals surface area contributed by atoms with Gasteiger partial charge in [0.2, 0.25) is 17.8 Å². The summed E-state index contributed by atoms with van der Waals surface area (Å²) in [5.41, 5.74) is 2.86. The van der Waals surface area contributed by atoms with Crippen LogP contribution in [0.1, 0.15) is 18.1 Å². The van der Waals surface area contributed by atoms with Crippen LogP contribution in [0.2, 0.25) is 5.02 Å². The van der Waals surface area contributed by atoms with Crippen molar-refractivity contribution < 1.29 is 22.7 Å². The Bertz CT molecular complexity index is 1250. The van der Waals surface area contributed by atoms with Gasteiger partial charge in [0, 0.05) is 45.3 Å². The number of amides is 1. The Hall–Kier alpha value is -3.64. The van der Waals surface area contributed by atoms with Crippen molar-refractivity contribution in [3.63, 3.8) is 0 Å². The first kappa shape index (κ1) is 26.4. The smallest absolute Gasteiger partial charge is 0.406 e. The summed E-state index contributed by atoms with van der Waals surface area (Å²) in [6.45, 7) is 6.65. The molecule has 0 radical (unpaired) electrons. The summed E-state index contributed by atoms with van der Waals surface area (Å²) in [5.74, 6) is 0.420. The molecule has 2 heterocycles. The fourth-order valence-corrected chi connectivity index (χ4v) is 4.18. The number of aromatic nitrogens is 3. The van der Waals surface area contributed by atoms with E-state index in [1.165, 1.54) is 25.4 Å². The first-order valence-electron chi connectivity index (χ1n) is 11.4. The van der Waals surface area contributed by atoms with Gasteiger partial charge in [-0.25, -0.2) is 9.97 Å². The molecule has 1 aromatic heterocycles. The van der Waals surface area contributed by atoms with E-state index in [1.807, 2.05) is 11.8 Å². The molecule has 37 heavy (non-hydrogen) atoms. The molecule has 1 aliphatic rings. The lowest BCUT2D eigenvalue weighted by molar-refractivity contribution is -0.274. The molecule has 1 saturated heterocycles. The molecule has 0 saturated carbocycles. The molecule has 0 bridgehead atoms. The van der Waals surface area contributed by atoms with Crippen molar-refractivity contribution in [1.82, 2.24) is 19.9 Å². The van der Waals surface area contributed by atoms with Crippen LogP contribution in [0.15, 0.2) is 42.7 Å². The first-order valence-corrected chi connectivity index (χ1v) is 11.8. The fraction of sp³-hybridized carbons (Fsp3) is 0.333. The largest absolute Gasteiger partial charge is 0.573 e. The van der Waals surface area contributed by atoms with Crippen LogP contribution in [0, 0.1) is 6.92 Å². The van der Waals surface area contributed by atoms with Crippen LogP contribution < -0.4 is 20.3 Å². The van der Waals surface area contributed by atoms with Crippen LogP contribution in [-0.2, 0) is 11.3 Å². The molecule has 1 aliphatic heterocycles. The fourth-order valence-electron chi connectivity index (χ4n) is 3.92. The first-order chi connectivity index (χ1) is 17.6. The molecule has 13 heteroatoms. The molecule has 1 fully saturated rings. The molecule has 2 N–H and O–H groups in total. The summed E-state index contributed by atoms with van der Waals surface area (Å²) in [6, 6.07) is 9.37. The van der Waals surface area contributed by atoms with E-state index in [4.69, 9.17) is 11.6 Å². The van der Waals surface area contributed by atoms with E-state index in [9.17, 15) is 18.0 Å². The van der Waals surface area contributed by atoms with Crippen molar-refractivity contribution in [3.05, 3.63) is 58.9 Å². The molecule has 0 atom stereocenters. The minimum absolute atomic E-state index is 0.226. The van der Waals surface area contributed by atoms with E-state index >= 15 is 0 Å². The van der Waals surface area contributed by atoms with Gasteiger partial charge < -0.3 is 20.3 Å². The Kier molecular flexibility index (Phi) is 7.98. The van der Waals surface area contributed by atoms with E-state index < -0.39 is 6.36 Å². The number of anilines is 4. The van der Waals surface area contributed by atoms with Gasteiger partial charge in [0.05, 0.1) is 10.7 Å². The summed E-state index contributed by atoms with van der Waals surface area (Å²) in [4.78, 5) is 28.8. The van der Waals surface area contributed by atoms with Gasteiger partial charge in [0.1, 0.15) is 12.1 Å². The molecule has 9 nitrogen and oxygen atoms in total. The molecule has 4 rings (SSSR count). The summed E-state index contributed by atoms with van der Waals surface area (Å²) in [6.07, 6.45) is -3.27. The number of hydrogen-bond donors (Lipinski definition) is 2. The zero-order chi connectivity index (χ0) is 26.6. The van der Waals surface area contributed by atoms with Crippen LogP contribution in [-0.4, -0.2) is 58.3 Å². The number of carbonyl (C=O) groups excluding carboxylic acids is 1. The highest BCUT2D eigenvalue weighted by Gasteiger charge is 2.31. The molecule has 0 unspecified atom stereocenters. The lowest BCUT2D eigenvalue weighted by Gasteiger charge is -2.34. The lowest BCUT2D eigenvalue weighted by atomic mass is 10.1. The van der Waals surface area contributed by atoms with Crippen LogP contribution in [0.4, 0.5) is 36.4 Å². The maximum absolute atomic E-state index is 12.3. The van der Waals surface area contributed by atoms with Gasteiger partial charge in [-0.1, -0.05) is 23.7 Å². The third-order valence-electron chi connectivity index (χ3n) is 5.74. The van der Waals surface area contributed by atoms with Crippen molar-refractivity contribution in [2.75, 3.05) is 41.7 Å². The molecule has 0 spiro atoms. The SMILES string of the molecule is CC(=O)Nc1c(Cl)ccc(Nc2ncnc(N3CCN(Cc4ccc(OC(F)(F)F)cc4)CC3)n2)c1C. The number of nitrogens with zero attached hydrogens (tertiary/aromatic N) is 5. The second-order valence-electron chi connectivity index (χ2n) is 8.47. The second kappa shape index (κ2) is 11.2.